The smallest absolute Gasteiger partial charge is 0.264 e. The highest BCUT2D eigenvalue weighted by Gasteiger charge is 2.33. The van der Waals surface area contributed by atoms with Gasteiger partial charge >= 0.3 is 0 Å². The first-order chi connectivity index (χ1) is 19.5. The highest BCUT2D eigenvalue weighted by molar-refractivity contribution is 9.10. The van der Waals surface area contributed by atoms with Gasteiger partial charge in [0.2, 0.25) is 11.8 Å². The lowest BCUT2D eigenvalue weighted by Gasteiger charge is -2.32. The lowest BCUT2D eigenvalue weighted by Crippen LogP contribution is -2.51. The number of benzene rings is 3. The standard InChI is InChI=1S/C31H38BrN3O5S/c1-6-7-18-33-31(37)24(4)34(20-25-11-9-8-10-23(25)3)30(36)21-35(26-14-12-22(2)13-15-26)41(38,39)27-16-17-29(40-5)28(32)19-27/h8-17,19,24H,6-7,18,20-21H2,1-5H3,(H,33,37)/t24-/m0/s1. The maximum absolute atomic E-state index is 14.0. The summed E-state index contributed by atoms with van der Waals surface area (Å²) in [6.07, 6.45) is 1.74. The van der Waals surface area contributed by atoms with Gasteiger partial charge in [0.25, 0.3) is 10.0 Å². The van der Waals surface area contributed by atoms with E-state index in [4.69, 9.17) is 4.74 Å². The Kier molecular flexibility index (Phi) is 11.4. The number of unbranched alkanes of at least 4 members (excludes halogenated alkanes) is 1. The maximum atomic E-state index is 14.0. The number of carbonyl (C=O) groups is 2. The van der Waals surface area contributed by atoms with Crippen LogP contribution in [0.15, 0.2) is 76.1 Å². The number of hydrogen-bond donors (Lipinski definition) is 1. The summed E-state index contributed by atoms with van der Waals surface area (Å²) in [7, 11) is -2.69. The largest absolute Gasteiger partial charge is 0.496 e. The zero-order chi connectivity index (χ0) is 30.2. The van der Waals surface area contributed by atoms with Gasteiger partial charge in [-0.15, -0.1) is 0 Å². The van der Waals surface area contributed by atoms with Gasteiger partial charge in [-0.25, -0.2) is 8.42 Å². The molecule has 0 fully saturated rings. The van der Waals surface area contributed by atoms with Crippen LogP contribution in [0, 0.1) is 13.8 Å². The van der Waals surface area contributed by atoms with E-state index in [1.54, 1.807) is 37.3 Å². The van der Waals surface area contributed by atoms with Gasteiger partial charge in [0.15, 0.2) is 0 Å². The summed E-state index contributed by atoms with van der Waals surface area (Å²) >= 11 is 3.37. The number of halogens is 1. The van der Waals surface area contributed by atoms with Crippen LogP contribution in [-0.2, 0) is 26.2 Å². The van der Waals surface area contributed by atoms with Crippen molar-refractivity contribution in [1.82, 2.24) is 10.2 Å². The number of methoxy groups -OCH3 is 1. The molecule has 41 heavy (non-hydrogen) atoms. The summed E-state index contributed by atoms with van der Waals surface area (Å²) in [4.78, 5) is 28.6. The molecule has 3 aromatic rings. The number of ether oxygens (including phenoxy) is 1. The molecular weight excluding hydrogens is 606 g/mol. The molecule has 0 saturated carbocycles. The van der Waals surface area contributed by atoms with Crippen molar-refractivity contribution < 1.29 is 22.7 Å². The van der Waals surface area contributed by atoms with Crippen molar-refractivity contribution in [3.8, 4) is 5.75 Å². The Morgan fingerprint density at radius 3 is 2.32 bits per heavy atom. The average molecular weight is 645 g/mol. The number of sulfonamides is 1. The summed E-state index contributed by atoms with van der Waals surface area (Å²) in [6.45, 7) is 7.71. The second kappa shape index (κ2) is 14.5. The van der Waals surface area contributed by atoms with E-state index < -0.39 is 28.5 Å². The Balaban J connectivity index is 2.03. The number of amides is 2. The molecule has 0 saturated heterocycles. The number of carbonyl (C=O) groups excluding carboxylic acids is 2. The third-order valence-electron chi connectivity index (χ3n) is 6.91. The fourth-order valence-electron chi connectivity index (χ4n) is 4.26. The van der Waals surface area contributed by atoms with Gasteiger partial charge in [0.1, 0.15) is 18.3 Å². The number of rotatable bonds is 13. The van der Waals surface area contributed by atoms with Crippen molar-refractivity contribution in [2.45, 2.75) is 58.0 Å². The molecule has 0 aliphatic heterocycles. The van der Waals surface area contributed by atoms with E-state index in [-0.39, 0.29) is 17.3 Å². The van der Waals surface area contributed by atoms with Crippen LogP contribution in [0.5, 0.6) is 5.75 Å². The molecule has 0 bridgehead atoms. The van der Waals surface area contributed by atoms with Crippen LogP contribution in [-0.4, -0.2) is 51.4 Å². The molecule has 0 aliphatic rings. The summed E-state index contributed by atoms with van der Waals surface area (Å²) in [5, 5.41) is 2.90. The molecule has 0 unspecified atom stereocenters. The maximum Gasteiger partial charge on any atom is 0.264 e. The molecule has 8 nitrogen and oxygen atoms in total. The molecule has 0 heterocycles. The normalized spacial score (nSPS) is 12.0. The molecule has 1 atom stereocenters. The fraction of sp³-hybridized carbons (Fsp3) is 0.355. The number of anilines is 1. The Morgan fingerprint density at radius 2 is 1.71 bits per heavy atom. The minimum absolute atomic E-state index is 0.00522. The molecule has 0 spiro atoms. The molecule has 3 aromatic carbocycles. The second-order valence-electron chi connectivity index (χ2n) is 9.91. The number of hydrogen-bond acceptors (Lipinski definition) is 5. The summed E-state index contributed by atoms with van der Waals surface area (Å²) in [5.41, 5.74) is 3.13. The molecule has 3 rings (SSSR count). The van der Waals surface area contributed by atoms with Crippen LogP contribution < -0.4 is 14.4 Å². The van der Waals surface area contributed by atoms with Gasteiger partial charge in [0, 0.05) is 13.1 Å². The van der Waals surface area contributed by atoms with Crippen molar-refractivity contribution in [2.24, 2.45) is 0 Å². The van der Waals surface area contributed by atoms with Crippen LogP contribution in [0.4, 0.5) is 5.69 Å². The first-order valence-electron chi connectivity index (χ1n) is 13.5. The first kappa shape index (κ1) is 32.1. The van der Waals surface area contributed by atoms with Crippen LogP contribution in [0.25, 0.3) is 0 Å². The number of nitrogens with one attached hydrogen (secondary N) is 1. The quantitative estimate of drug-likeness (QED) is 0.245. The van der Waals surface area contributed by atoms with Crippen LogP contribution in [0.3, 0.4) is 0 Å². The number of aryl methyl sites for hydroxylation is 2. The molecule has 1 N–H and O–H groups in total. The number of nitrogens with zero attached hydrogens (tertiary/aromatic N) is 2. The molecule has 0 aromatic heterocycles. The van der Waals surface area contributed by atoms with Crippen molar-refractivity contribution in [2.75, 3.05) is 24.5 Å². The SMILES string of the molecule is CCCCNC(=O)[C@H](C)N(Cc1ccccc1C)C(=O)CN(c1ccc(C)cc1)S(=O)(=O)c1ccc(OC)c(Br)c1. The Labute approximate surface area is 251 Å². The van der Waals surface area contributed by atoms with Crippen LogP contribution in [0.1, 0.15) is 43.4 Å². The van der Waals surface area contributed by atoms with Crippen molar-refractivity contribution >= 4 is 43.5 Å². The van der Waals surface area contributed by atoms with Crippen molar-refractivity contribution in [3.63, 3.8) is 0 Å². The highest BCUT2D eigenvalue weighted by atomic mass is 79.9. The van der Waals surface area contributed by atoms with Gasteiger partial charge in [-0.05, 0) is 84.6 Å². The van der Waals surface area contributed by atoms with Gasteiger partial charge in [-0.1, -0.05) is 55.3 Å². The Bertz CT molecular complexity index is 1460. The van der Waals surface area contributed by atoms with Crippen LogP contribution in [0.2, 0.25) is 0 Å². The van der Waals surface area contributed by atoms with E-state index >= 15 is 0 Å². The van der Waals surface area contributed by atoms with Crippen molar-refractivity contribution in [1.29, 1.82) is 0 Å². The van der Waals surface area contributed by atoms with Gasteiger partial charge < -0.3 is 15.0 Å². The van der Waals surface area contributed by atoms with E-state index in [2.05, 4.69) is 21.2 Å². The Hall–Kier alpha value is -3.37. The zero-order valence-electron chi connectivity index (χ0n) is 24.2. The van der Waals surface area contributed by atoms with E-state index in [1.165, 1.54) is 24.1 Å². The first-order valence-corrected chi connectivity index (χ1v) is 15.8. The molecule has 0 aliphatic carbocycles. The molecular formula is C31H38BrN3O5S. The predicted octanol–water partition coefficient (Wildman–Crippen LogP) is 5.60. The lowest BCUT2D eigenvalue weighted by atomic mass is 10.1. The molecule has 10 heteroatoms. The zero-order valence-corrected chi connectivity index (χ0v) is 26.6. The fourth-order valence-corrected chi connectivity index (χ4v) is 6.40. The van der Waals surface area contributed by atoms with Gasteiger partial charge in [-0.3, -0.25) is 13.9 Å². The van der Waals surface area contributed by atoms with Crippen LogP contribution >= 0.6 is 15.9 Å². The summed E-state index contributed by atoms with van der Waals surface area (Å²) < 4.78 is 34.9. The molecule has 0 radical (unpaired) electrons. The van der Waals surface area contributed by atoms with E-state index in [0.29, 0.717) is 22.5 Å². The third-order valence-corrected chi connectivity index (χ3v) is 9.30. The summed E-state index contributed by atoms with van der Waals surface area (Å²) in [5.74, 6) is -0.304. The minimum Gasteiger partial charge on any atom is -0.496 e. The predicted molar refractivity (Wildman–Crippen MR) is 166 cm³/mol. The van der Waals surface area contributed by atoms with Crippen molar-refractivity contribution in [3.05, 3.63) is 87.9 Å². The topological polar surface area (TPSA) is 96.0 Å². The average Bonchev–Trinajstić information content (AvgIpc) is 2.95. The van der Waals surface area contributed by atoms with Gasteiger partial charge in [-0.2, -0.15) is 0 Å². The Morgan fingerprint density at radius 1 is 1.02 bits per heavy atom. The molecule has 2 amide bonds. The summed E-state index contributed by atoms with van der Waals surface area (Å²) in [6, 6.07) is 18.2. The van der Waals surface area contributed by atoms with E-state index in [9.17, 15) is 18.0 Å². The lowest BCUT2D eigenvalue weighted by molar-refractivity contribution is -0.139. The van der Waals surface area contributed by atoms with E-state index in [0.717, 1.165) is 33.8 Å². The third kappa shape index (κ3) is 8.10. The van der Waals surface area contributed by atoms with Gasteiger partial charge in [0.05, 0.1) is 22.2 Å². The monoisotopic (exact) mass is 643 g/mol. The minimum atomic E-state index is -4.19. The molecule has 220 valence electrons. The second-order valence-corrected chi connectivity index (χ2v) is 12.6. The highest BCUT2D eigenvalue weighted by Crippen LogP contribution is 2.31. The van der Waals surface area contributed by atoms with E-state index in [1.807, 2.05) is 45.0 Å².